The molecule has 0 aromatic carbocycles. The lowest BCUT2D eigenvalue weighted by atomic mass is 9.47. The van der Waals surface area contributed by atoms with Crippen molar-refractivity contribution in [3.05, 3.63) is 22.9 Å². The molecule has 1 fully saturated rings. The number of allylic oxidation sites excluding steroid dienone is 2. The molecular weight excluding hydrogens is 460 g/mol. The molecule has 1 atom stereocenters. The van der Waals surface area contributed by atoms with Gasteiger partial charge in [-0.25, -0.2) is 9.59 Å². The lowest BCUT2D eigenvalue weighted by Gasteiger charge is -2.56. The molecule has 1 spiro atoms. The fourth-order valence-electron chi connectivity index (χ4n) is 5.47. The summed E-state index contributed by atoms with van der Waals surface area (Å²) in [6.45, 7) is 11.5. The Morgan fingerprint density at radius 1 is 0.972 bits per heavy atom. The van der Waals surface area contributed by atoms with E-state index in [-0.39, 0.29) is 50.3 Å². The van der Waals surface area contributed by atoms with Crippen LogP contribution in [0.3, 0.4) is 0 Å². The SMILES string of the molecule is CC(C)(C)OC(=O)N1CCC2(CC1)C1CN(C(=O)OC(C)(C)C)CC=C1C(C#N)=C(N)C2(C#N)C#N. The number of carbonyl (C=O) groups excluding carboxylic acids is 2. The van der Waals surface area contributed by atoms with E-state index in [1.807, 2.05) is 0 Å². The maximum Gasteiger partial charge on any atom is 0.410 e. The van der Waals surface area contributed by atoms with Gasteiger partial charge < -0.3 is 25.0 Å². The molecule has 10 heteroatoms. The molecule has 10 nitrogen and oxygen atoms in total. The van der Waals surface area contributed by atoms with Crippen LogP contribution < -0.4 is 5.73 Å². The first-order chi connectivity index (χ1) is 16.6. The van der Waals surface area contributed by atoms with E-state index in [4.69, 9.17) is 15.2 Å². The Kier molecular flexibility index (Phi) is 6.77. The third-order valence-electron chi connectivity index (χ3n) is 7.09. The molecule has 1 unspecified atom stereocenters. The van der Waals surface area contributed by atoms with Crippen molar-refractivity contribution in [2.24, 2.45) is 22.5 Å². The number of fused-ring (bicyclic) bond motifs is 2. The van der Waals surface area contributed by atoms with Crippen LogP contribution in [0.5, 0.6) is 0 Å². The third kappa shape index (κ3) is 4.46. The second-order valence-electron chi connectivity index (χ2n) is 11.6. The van der Waals surface area contributed by atoms with Crippen molar-refractivity contribution in [1.29, 1.82) is 15.8 Å². The minimum Gasteiger partial charge on any atom is -0.444 e. The Balaban J connectivity index is 2.06. The number of nitrogens with zero attached hydrogens (tertiary/aromatic N) is 5. The summed E-state index contributed by atoms with van der Waals surface area (Å²) in [5.41, 5.74) is 2.94. The molecule has 0 aromatic heterocycles. The van der Waals surface area contributed by atoms with Gasteiger partial charge >= 0.3 is 12.2 Å². The van der Waals surface area contributed by atoms with Crippen LogP contribution in [0.25, 0.3) is 0 Å². The standard InChI is InChI=1S/C26H34N6O4/c1-23(2,3)35-21(33)31-11-8-25(9-12-31)19-14-32(22(34)36-24(4,5)6)10-7-17(19)18(13-27)20(30)26(25,15-28)16-29/h7,19H,8-12,14,30H2,1-6H3. The first-order valence-electron chi connectivity index (χ1n) is 12.0. The number of rotatable bonds is 0. The van der Waals surface area contributed by atoms with Gasteiger partial charge in [-0.2, -0.15) is 15.8 Å². The number of ether oxygens (including phenoxy) is 2. The number of hydrogen-bond acceptors (Lipinski definition) is 8. The van der Waals surface area contributed by atoms with E-state index in [9.17, 15) is 25.4 Å². The molecular formula is C26H34N6O4. The topological polar surface area (TPSA) is 156 Å². The summed E-state index contributed by atoms with van der Waals surface area (Å²) >= 11 is 0. The maximum atomic E-state index is 12.9. The summed E-state index contributed by atoms with van der Waals surface area (Å²) in [6.07, 6.45) is 1.33. The first kappa shape index (κ1) is 26.9. The van der Waals surface area contributed by atoms with Gasteiger partial charge in [0.05, 0.1) is 23.4 Å². The number of piperidine rings is 1. The highest BCUT2D eigenvalue weighted by molar-refractivity contribution is 5.70. The van der Waals surface area contributed by atoms with E-state index >= 15 is 0 Å². The average Bonchev–Trinajstić information content (AvgIpc) is 2.78. The molecule has 0 bridgehead atoms. The van der Waals surface area contributed by atoms with Crippen molar-refractivity contribution in [2.75, 3.05) is 26.2 Å². The quantitative estimate of drug-likeness (QED) is 0.535. The van der Waals surface area contributed by atoms with Crippen molar-refractivity contribution >= 4 is 12.2 Å². The van der Waals surface area contributed by atoms with Crippen molar-refractivity contribution in [2.45, 2.75) is 65.6 Å². The molecule has 3 aliphatic rings. The minimum atomic E-state index is -1.79. The van der Waals surface area contributed by atoms with Crippen LogP contribution in [0.15, 0.2) is 22.9 Å². The lowest BCUT2D eigenvalue weighted by molar-refractivity contribution is -0.0292. The number of nitrogens with two attached hydrogens (primary N) is 1. The average molecular weight is 495 g/mol. The molecule has 2 N–H and O–H groups in total. The van der Waals surface area contributed by atoms with E-state index in [1.165, 1.54) is 4.90 Å². The zero-order valence-electron chi connectivity index (χ0n) is 21.8. The van der Waals surface area contributed by atoms with Gasteiger partial charge in [-0.05, 0) is 60.0 Å². The lowest BCUT2D eigenvalue weighted by Crippen LogP contribution is -2.61. The van der Waals surface area contributed by atoms with Gasteiger partial charge in [0.2, 0.25) is 0 Å². The molecule has 1 aliphatic carbocycles. The molecule has 0 radical (unpaired) electrons. The molecule has 192 valence electrons. The molecule has 3 rings (SSSR count). The number of hydrogen-bond donors (Lipinski definition) is 1. The van der Waals surface area contributed by atoms with Crippen LogP contribution in [0.1, 0.15) is 54.4 Å². The van der Waals surface area contributed by atoms with Crippen molar-refractivity contribution in [1.82, 2.24) is 9.80 Å². The molecule has 2 amide bonds. The predicted octanol–water partition coefficient (Wildman–Crippen LogP) is 3.58. The second kappa shape index (κ2) is 9.06. The number of carbonyl (C=O) groups is 2. The van der Waals surface area contributed by atoms with Crippen LogP contribution in [0.2, 0.25) is 0 Å². The summed E-state index contributed by atoms with van der Waals surface area (Å²) in [5, 5.41) is 30.7. The molecule has 36 heavy (non-hydrogen) atoms. The Morgan fingerprint density at radius 2 is 1.47 bits per heavy atom. The Bertz CT molecular complexity index is 1110. The van der Waals surface area contributed by atoms with E-state index in [0.29, 0.717) is 5.57 Å². The predicted molar refractivity (Wildman–Crippen MR) is 129 cm³/mol. The van der Waals surface area contributed by atoms with Crippen LogP contribution in [-0.2, 0) is 9.47 Å². The summed E-state index contributed by atoms with van der Waals surface area (Å²) in [6, 6.07) is 6.39. The fraction of sp³-hybridized carbons (Fsp3) is 0.654. The molecule has 2 heterocycles. The Morgan fingerprint density at radius 3 is 1.92 bits per heavy atom. The smallest absolute Gasteiger partial charge is 0.410 e. The maximum absolute atomic E-state index is 12.9. The van der Waals surface area contributed by atoms with Crippen molar-refractivity contribution in [3.63, 3.8) is 0 Å². The summed E-state index contributed by atoms with van der Waals surface area (Å²) < 4.78 is 11.1. The van der Waals surface area contributed by atoms with Crippen molar-refractivity contribution < 1.29 is 19.1 Å². The normalized spacial score (nSPS) is 23.0. The molecule has 1 saturated heterocycles. The highest BCUT2D eigenvalue weighted by Gasteiger charge is 2.64. The second-order valence-corrected chi connectivity index (χ2v) is 11.6. The van der Waals surface area contributed by atoms with E-state index in [2.05, 4.69) is 18.2 Å². The van der Waals surface area contributed by atoms with Crippen molar-refractivity contribution in [3.8, 4) is 18.2 Å². The third-order valence-corrected chi connectivity index (χ3v) is 7.09. The molecule has 2 aliphatic heterocycles. The van der Waals surface area contributed by atoms with Crippen LogP contribution in [0, 0.1) is 50.7 Å². The molecule has 0 saturated carbocycles. The van der Waals surface area contributed by atoms with Crippen LogP contribution in [0.4, 0.5) is 9.59 Å². The minimum absolute atomic E-state index is 0.0612. The monoisotopic (exact) mass is 494 g/mol. The van der Waals surface area contributed by atoms with Gasteiger partial charge in [-0.3, -0.25) is 0 Å². The van der Waals surface area contributed by atoms with Gasteiger partial charge in [0.15, 0.2) is 5.41 Å². The Hall–Kier alpha value is -3.71. The highest BCUT2D eigenvalue weighted by atomic mass is 16.6. The summed E-state index contributed by atoms with van der Waals surface area (Å²) in [5.74, 6) is -0.513. The highest BCUT2D eigenvalue weighted by Crippen LogP contribution is 2.61. The van der Waals surface area contributed by atoms with Crippen LogP contribution in [-0.4, -0.2) is 59.4 Å². The summed E-state index contributed by atoms with van der Waals surface area (Å²) in [4.78, 5) is 28.7. The van der Waals surface area contributed by atoms with Gasteiger partial charge in [0, 0.05) is 37.5 Å². The van der Waals surface area contributed by atoms with Gasteiger partial charge in [-0.1, -0.05) is 6.08 Å². The zero-order valence-corrected chi connectivity index (χ0v) is 21.8. The van der Waals surface area contributed by atoms with Gasteiger partial charge in [0.25, 0.3) is 0 Å². The number of nitriles is 3. The zero-order chi connectivity index (χ0) is 27.1. The van der Waals surface area contributed by atoms with Gasteiger partial charge in [-0.15, -0.1) is 0 Å². The molecule has 0 aromatic rings. The Labute approximate surface area is 212 Å². The number of amides is 2. The van der Waals surface area contributed by atoms with Crippen LogP contribution >= 0.6 is 0 Å². The van der Waals surface area contributed by atoms with E-state index in [1.54, 1.807) is 52.5 Å². The first-order valence-corrected chi connectivity index (χ1v) is 12.0. The fourth-order valence-corrected chi connectivity index (χ4v) is 5.47. The van der Waals surface area contributed by atoms with E-state index in [0.717, 1.165) is 0 Å². The van der Waals surface area contributed by atoms with Gasteiger partial charge in [0.1, 0.15) is 17.3 Å². The summed E-state index contributed by atoms with van der Waals surface area (Å²) in [7, 11) is 0. The number of likely N-dealkylation sites (tertiary alicyclic amines) is 1. The van der Waals surface area contributed by atoms with E-state index < -0.39 is 40.1 Å². The largest absolute Gasteiger partial charge is 0.444 e.